The van der Waals surface area contributed by atoms with E-state index in [0.29, 0.717) is 12.8 Å². The van der Waals surface area contributed by atoms with Crippen molar-refractivity contribution in [3.05, 3.63) is 46.3 Å². The Balaban J connectivity index is 1.86. The molecule has 0 amide bonds. The van der Waals surface area contributed by atoms with E-state index in [1.807, 2.05) is 0 Å². The number of aliphatic carboxylic acids is 1. The molecule has 12 heteroatoms. The average Bonchev–Trinajstić information content (AvgIpc) is 2.67. The molecule has 29 heavy (non-hydrogen) atoms. The Morgan fingerprint density at radius 1 is 1.21 bits per heavy atom. The van der Waals surface area contributed by atoms with Crippen molar-refractivity contribution < 1.29 is 28.0 Å². The lowest BCUT2D eigenvalue weighted by atomic mass is 9.97. The summed E-state index contributed by atoms with van der Waals surface area (Å²) in [5.41, 5.74) is -1.08. The van der Waals surface area contributed by atoms with Gasteiger partial charge in [-0.25, -0.2) is 9.97 Å². The standard InChI is InChI=1S/C17H16F3N5O4/c18-17(19,20)11-1-3-12(4-2-11)23-14-13(25(28)29)15(22-9-21-14)24-7-5-10(6-8-24)16(26)27/h1-4,9-10H,5-8H2,(H,26,27)(H,21,22,23). The van der Waals surface area contributed by atoms with E-state index in [0.717, 1.165) is 30.6 Å². The molecule has 1 fully saturated rings. The SMILES string of the molecule is O=C(O)C1CCN(c2ncnc(Nc3ccc(C(F)(F)F)cc3)c2[N+](=O)[O-])CC1. The molecule has 3 rings (SSSR count). The first-order chi connectivity index (χ1) is 13.7. The third-order valence-electron chi connectivity index (χ3n) is 4.60. The molecule has 9 nitrogen and oxygen atoms in total. The summed E-state index contributed by atoms with van der Waals surface area (Å²) in [7, 11) is 0. The highest BCUT2D eigenvalue weighted by atomic mass is 19.4. The van der Waals surface area contributed by atoms with Crippen LogP contribution in [0.3, 0.4) is 0 Å². The number of nitrogens with one attached hydrogen (secondary N) is 1. The minimum Gasteiger partial charge on any atom is -0.481 e. The molecular weight excluding hydrogens is 395 g/mol. The highest BCUT2D eigenvalue weighted by Gasteiger charge is 2.32. The van der Waals surface area contributed by atoms with E-state index in [9.17, 15) is 28.1 Å². The van der Waals surface area contributed by atoms with E-state index >= 15 is 0 Å². The number of nitrogens with zero attached hydrogens (tertiary/aromatic N) is 4. The summed E-state index contributed by atoms with van der Waals surface area (Å²) in [6.07, 6.45) is -2.75. The van der Waals surface area contributed by atoms with Crippen molar-refractivity contribution in [3.63, 3.8) is 0 Å². The fourth-order valence-electron chi connectivity index (χ4n) is 3.08. The van der Waals surface area contributed by atoms with Crippen molar-refractivity contribution in [3.8, 4) is 0 Å². The molecule has 2 aromatic rings. The number of hydrogen-bond donors (Lipinski definition) is 2. The van der Waals surface area contributed by atoms with Crippen LogP contribution in [-0.4, -0.2) is 39.1 Å². The molecule has 2 heterocycles. The van der Waals surface area contributed by atoms with Gasteiger partial charge in [0.15, 0.2) is 0 Å². The van der Waals surface area contributed by atoms with Crippen LogP contribution in [0.4, 0.5) is 36.2 Å². The smallest absolute Gasteiger partial charge is 0.416 e. The number of carbonyl (C=O) groups is 1. The van der Waals surface area contributed by atoms with Gasteiger partial charge in [-0.15, -0.1) is 0 Å². The number of carboxylic acid groups (broad SMARTS) is 1. The van der Waals surface area contributed by atoms with E-state index in [2.05, 4.69) is 15.3 Å². The molecule has 1 saturated heterocycles. The summed E-state index contributed by atoms with van der Waals surface area (Å²) in [4.78, 5) is 31.5. The molecule has 2 N–H and O–H groups in total. The maximum absolute atomic E-state index is 12.7. The minimum atomic E-state index is -4.49. The van der Waals surface area contributed by atoms with Crippen LogP contribution < -0.4 is 10.2 Å². The topological polar surface area (TPSA) is 121 Å². The largest absolute Gasteiger partial charge is 0.481 e. The second-order valence-electron chi connectivity index (χ2n) is 6.45. The van der Waals surface area contributed by atoms with Gasteiger partial charge in [-0.2, -0.15) is 13.2 Å². The summed E-state index contributed by atoms with van der Waals surface area (Å²) in [6, 6.07) is 4.00. The summed E-state index contributed by atoms with van der Waals surface area (Å²) in [6.45, 7) is 0.545. The zero-order chi connectivity index (χ0) is 21.2. The zero-order valence-electron chi connectivity index (χ0n) is 14.9. The van der Waals surface area contributed by atoms with Gasteiger partial charge in [0.25, 0.3) is 0 Å². The number of nitro groups is 1. The molecule has 0 unspecified atom stereocenters. The number of halogens is 3. The van der Waals surface area contributed by atoms with Gasteiger partial charge >= 0.3 is 17.8 Å². The fraction of sp³-hybridized carbons (Fsp3) is 0.353. The first-order valence-corrected chi connectivity index (χ1v) is 8.58. The van der Waals surface area contributed by atoms with Crippen LogP contribution in [0.25, 0.3) is 0 Å². The lowest BCUT2D eigenvalue weighted by Gasteiger charge is -2.30. The summed E-state index contributed by atoms with van der Waals surface area (Å²) in [5.74, 6) is -1.56. The van der Waals surface area contributed by atoms with Crippen LogP contribution in [0.1, 0.15) is 18.4 Å². The van der Waals surface area contributed by atoms with Crippen LogP contribution in [-0.2, 0) is 11.0 Å². The monoisotopic (exact) mass is 411 g/mol. The predicted octanol–water partition coefficient (Wildman–Crippen LogP) is 3.45. The average molecular weight is 411 g/mol. The number of benzene rings is 1. The van der Waals surface area contributed by atoms with Crippen molar-refractivity contribution in [2.45, 2.75) is 19.0 Å². The Labute approximate surface area is 162 Å². The van der Waals surface area contributed by atoms with Crippen LogP contribution in [0.5, 0.6) is 0 Å². The van der Waals surface area contributed by atoms with E-state index in [1.54, 1.807) is 4.90 Å². The number of aromatic nitrogens is 2. The second-order valence-corrected chi connectivity index (χ2v) is 6.45. The Morgan fingerprint density at radius 3 is 2.34 bits per heavy atom. The summed E-state index contributed by atoms with van der Waals surface area (Å²) in [5, 5.41) is 23.4. The van der Waals surface area contributed by atoms with E-state index < -0.39 is 34.2 Å². The molecule has 0 spiro atoms. The number of hydrogen-bond acceptors (Lipinski definition) is 7. The number of rotatable bonds is 5. The van der Waals surface area contributed by atoms with Crippen molar-refractivity contribution in [2.75, 3.05) is 23.3 Å². The Morgan fingerprint density at radius 2 is 1.83 bits per heavy atom. The third-order valence-corrected chi connectivity index (χ3v) is 4.60. The van der Waals surface area contributed by atoms with Gasteiger partial charge < -0.3 is 15.3 Å². The summed E-state index contributed by atoms with van der Waals surface area (Å²) < 4.78 is 38.0. The maximum Gasteiger partial charge on any atom is 0.416 e. The molecule has 1 aliphatic rings. The normalized spacial score (nSPS) is 15.2. The van der Waals surface area contributed by atoms with Crippen molar-refractivity contribution in [1.82, 2.24) is 9.97 Å². The van der Waals surface area contributed by atoms with E-state index in [-0.39, 0.29) is 30.4 Å². The van der Waals surface area contributed by atoms with Gasteiger partial charge in [-0.1, -0.05) is 0 Å². The first kappa shape index (κ1) is 20.3. The Kier molecular flexibility index (Phi) is 5.52. The number of alkyl halides is 3. The molecule has 0 radical (unpaired) electrons. The first-order valence-electron chi connectivity index (χ1n) is 8.58. The zero-order valence-corrected chi connectivity index (χ0v) is 14.9. The third kappa shape index (κ3) is 4.52. The molecular formula is C17H16F3N5O4. The van der Waals surface area contributed by atoms with Crippen LogP contribution in [0.2, 0.25) is 0 Å². The van der Waals surface area contributed by atoms with Gasteiger partial charge in [0.2, 0.25) is 11.6 Å². The lowest BCUT2D eigenvalue weighted by molar-refractivity contribution is -0.383. The Bertz CT molecular complexity index is 912. The molecule has 154 valence electrons. The van der Waals surface area contributed by atoms with Crippen LogP contribution >= 0.6 is 0 Å². The van der Waals surface area contributed by atoms with Gasteiger partial charge in [0.1, 0.15) is 6.33 Å². The van der Waals surface area contributed by atoms with Gasteiger partial charge in [-0.3, -0.25) is 14.9 Å². The quantitative estimate of drug-likeness (QED) is 0.567. The number of carboxylic acids is 1. The van der Waals surface area contributed by atoms with Crippen LogP contribution in [0.15, 0.2) is 30.6 Å². The number of piperidine rings is 1. The van der Waals surface area contributed by atoms with Crippen molar-refractivity contribution >= 4 is 29.0 Å². The summed E-state index contributed by atoms with van der Waals surface area (Å²) >= 11 is 0. The molecule has 0 aliphatic carbocycles. The molecule has 1 aromatic heterocycles. The Hall–Kier alpha value is -3.44. The van der Waals surface area contributed by atoms with Gasteiger partial charge in [0, 0.05) is 18.8 Å². The van der Waals surface area contributed by atoms with Gasteiger partial charge in [-0.05, 0) is 37.1 Å². The molecule has 1 aromatic carbocycles. The second kappa shape index (κ2) is 7.89. The van der Waals surface area contributed by atoms with Crippen molar-refractivity contribution in [2.24, 2.45) is 5.92 Å². The highest BCUT2D eigenvalue weighted by Crippen LogP contribution is 2.36. The van der Waals surface area contributed by atoms with Crippen LogP contribution in [0, 0.1) is 16.0 Å². The van der Waals surface area contributed by atoms with E-state index in [1.165, 1.54) is 0 Å². The fourth-order valence-corrected chi connectivity index (χ4v) is 3.08. The molecule has 0 bridgehead atoms. The highest BCUT2D eigenvalue weighted by molar-refractivity contribution is 5.75. The van der Waals surface area contributed by atoms with E-state index in [4.69, 9.17) is 5.11 Å². The maximum atomic E-state index is 12.7. The molecule has 0 saturated carbocycles. The predicted molar refractivity (Wildman–Crippen MR) is 96.0 cm³/mol. The lowest BCUT2D eigenvalue weighted by Crippen LogP contribution is -2.37. The van der Waals surface area contributed by atoms with Crippen molar-refractivity contribution in [1.29, 1.82) is 0 Å². The minimum absolute atomic E-state index is 0.0308. The molecule has 1 aliphatic heterocycles. The number of anilines is 3. The van der Waals surface area contributed by atoms with Gasteiger partial charge in [0.05, 0.1) is 16.4 Å². The molecule has 0 atom stereocenters.